The van der Waals surface area contributed by atoms with E-state index in [2.05, 4.69) is 27.3 Å². The molecule has 7 nitrogen and oxygen atoms in total. The first kappa shape index (κ1) is 21.8. The first-order valence-corrected chi connectivity index (χ1v) is 10.7. The first-order chi connectivity index (χ1) is 15.0. The van der Waals surface area contributed by atoms with Gasteiger partial charge in [0.2, 0.25) is 5.91 Å². The summed E-state index contributed by atoms with van der Waals surface area (Å²) in [6, 6.07) is 13.3. The van der Waals surface area contributed by atoms with E-state index >= 15 is 0 Å². The molecule has 1 fully saturated rings. The van der Waals surface area contributed by atoms with Crippen molar-refractivity contribution in [3.05, 3.63) is 74.8 Å². The number of carbonyl (C=O) groups is 1. The summed E-state index contributed by atoms with van der Waals surface area (Å²) in [5.41, 5.74) is 1.24. The highest BCUT2D eigenvalue weighted by Gasteiger charge is 2.21. The van der Waals surface area contributed by atoms with Crippen molar-refractivity contribution in [2.75, 3.05) is 26.2 Å². The largest absolute Gasteiger partial charge is 0.374 e. The van der Waals surface area contributed by atoms with Crippen LogP contribution in [0.1, 0.15) is 5.56 Å². The van der Waals surface area contributed by atoms with Gasteiger partial charge >= 0.3 is 0 Å². The minimum Gasteiger partial charge on any atom is -0.374 e. The summed E-state index contributed by atoms with van der Waals surface area (Å²) in [5.74, 6) is -0.292. The van der Waals surface area contributed by atoms with Gasteiger partial charge in [-0.05, 0) is 17.7 Å². The number of hydrogen-bond donors (Lipinski definition) is 1. The smallest absolute Gasteiger partial charge is 0.261 e. The third kappa shape index (κ3) is 5.43. The van der Waals surface area contributed by atoms with Gasteiger partial charge in [0.05, 0.1) is 35.0 Å². The summed E-state index contributed by atoms with van der Waals surface area (Å²) in [4.78, 5) is 31.6. The highest BCUT2D eigenvalue weighted by molar-refractivity contribution is 6.38. The van der Waals surface area contributed by atoms with E-state index in [1.165, 1.54) is 28.6 Å². The molecule has 1 saturated heterocycles. The number of aromatic nitrogens is 2. The van der Waals surface area contributed by atoms with Crippen molar-refractivity contribution in [3.63, 3.8) is 0 Å². The molecule has 0 bridgehead atoms. The Morgan fingerprint density at radius 3 is 2.84 bits per heavy atom. The van der Waals surface area contributed by atoms with E-state index in [0.29, 0.717) is 28.7 Å². The number of fused-ring (bicyclic) bond motifs is 1. The average molecular weight is 461 g/mol. The molecule has 1 atom stereocenters. The average Bonchev–Trinajstić information content (AvgIpc) is 2.76. The lowest BCUT2D eigenvalue weighted by atomic mass is 10.2. The van der Waals surface area contributed by atoms with Gasteiger partial charge in [-0.25, -0.2) is 4.98 Å². The molecule has 2 aromatic carbocycles. The van der Waals surface area contributed by atoms with Crippen LogP contribution in [0.4, 0.5) is 0 Å². The fourth-order valence-corrected chi connectivity index (χ4v) is 4.18. The van der Waals surface area contributed by atoms with Crippen molar-refractivity contribution >= 4 is 40.0 Å². The van der Waals surface area contributed by atoms with E-state index in [-0.39, 0.29) is 29.5 Å². The van der Waals surface area contributed by atoms with E-state index < -0.39 is 0 Å². The van der Waals surface area contributed by atoms with Gasteiger partial charge in [0.15, 0.2) is 0 Å². The van der Waals surface area contributed by atoms with E-state index in [4.69, 9.17) is 27.9 Å². The lowest BCUT2D eigenvalue weighted by Crippen LogP contribution is -2.47. The maximum Gasteiger partial charge on any atom is 0.261 e. The highest BCUT2D eigenvalue weighted by atomic mass is 35.5. The molecule has 0 radical (unpaired) electrons. The van der Waals surface area contributed by atoms with Crippen LogP contribution in [0, 0.1) is 0 Å². The number of rotatable bonds is 6. The molecule has 1 unspecified atom stereocenters. The van der Waals surface area contributed by atoms with Gasteiger partial charge in [0.25, 0.3) is 5.56 Å². The summed E-state index contributed by atoms with van der Waals surface area (Å²) in [7, 11) is 0. The summed E-state index contributed by atoms with van der Waals surface area (Å²) >= 11 is 12.1. The Balaban J connectivity index is 1.34. The predicted octanol–water partition coefficient (Wildman–Crippen LogP) is 2.72. The first-order valence-electron chi connectivity index (χ1n) is 9.98. The Labute approximate surface area is 189 Å². The molecule has 1 aliphatic heterocycles. The van der Waals surface area contributed by atoms with Crippen LogP contribution < -0.4 is 10.9 Å². The van der Waals surface area contributed by atoms with Crippen LogP contribution in [0.15, 0.2) is 53.6 Å². The highest BCUT2D eigenvalue weighted by Crippen LogP contribution is 2.23. The van der Waals surface area contributed by atoms with Crippen molar-refractivity contribution < 1.29 is 9.53 Å². The van der Waals surface area contributed by atoms with E-state index in [1.54, 1.807) is 0 Å². The number of halogens is 2. The number of benzene rings is 2. The lowest BCUT2D eigenvalue weighted by Gasteiger charge is -2.33. The van der Waals surface area contributed by atoms with Crippen LogP contribution in [0.25, 0.3) is 10.9 Å². The Morgan fingerprint density at radius 2 is 2.03 bits per heavy atom. The van der Waals surface area contributed by atoms with Gasteiger partial charge in [-0.2, -0.15) is 0 Å². The number of nitrogens with one attached hydrogen (secondary N) is 1. The molecule has 1 aliphatic rings. The maximum absolute atomic E-state index is 12.7. The van der Waals surface area contributed by atoms with Gasteiger partial charge in [-0.1, -0.05) is 53.5 Å². The molecule has 1 aromatic heterocycles. The second-order valence-electron chi connectivity index (χ2n) is 7.48. The van der Waals surface area contributed by atoms with Crippen LogP contribution >= 0.6 is 23.2 Å². The minimum absolute atomic E-state index is 0.106. The molecule has 0 saturated carbocycles. The number of ether oxygens (including phenoxy) is 1. The zero-order chi connectivity index (χ0) is 21.8. The Bertz CT molecular complexity index is 1140. The van der Waals surface area contributed by atoms with Gasteiger partial charge in [0.1, 0.15) is 6.54 Å². The number of morpholine rings is 1. The SMILES string of the molecule is O=C(Cn1cnc2c(Cl)cc(Cl)cc2c1=O)NCC1CN(Cc2ccccc2)CCO1. The van der Waals surface area contributed by atoms with Crippen molar-refractivity contribution in [2.24, 2.45) is 0 Å². The number of carbonyl (C=O) groups excluding carboxylic acids is 1. The van der Waals surface area contributed by atoms with Crippen LogP contribution in [0.5, 0.6) is 0 Å². The number of nitrogens with zero attached hydrogens (tertiary/aromatic N) is 3. The molecule has 1 N–H and O–H groups in total. The second kappa shape index (κ2) is 9.78. The van der Waals surface area contributed by atoms with Crippen molar-refractivity contribution in [1.29, 1.82) is 0 Å². The van der Waals surface area contributed by atoms with Gasteiger partial charge < -0.3 is 10.1 Å². The Morgan fingerprint density at radius 1 is 1.23 bits per heavy atom. The number of amides is 1. The topological polar surface area (TPSA) is 76.5 Å². The standard InChI is InChI=1S/C22H22Cl2N4O3/c23-16-8-18-21(19(24)9-16)26-14-28(22(18)30)13-20(29)25-10-17-12-27(6-7-31-17)11-15-4-2-1-3-5-15/h1-5,8-9,14,17H,6-7,10-13H2,(H,25,29). The molecular weight excluding hydrogens is 439 g/mol. The normalized spacial score (nSPS) is 17.0. The van der Waals surface area contributed by atoms with Crippen LogP contribution in [0.2, 0.25) is 10.0 Å². The maximum atomic E-state index is 12.7. The van der Waals surface area contributed by atoms with Crippen molar-refractivity contribution in [1.82, 2.24) is 19.8 Å². The summed E-state index contributed by atoms with van der Waals surface area (Å²) in [6.45, 7) is 3.26. The molecule has 3 aromatic rings. The van der Waals surface area contributed by atoms with Crippen LogP contribution in [-0.4, -0.2) is 52.7 Å². The molecule has 0 aliphatic carbocycles. The number of hydrogen-bond acceptors (Lipinski definition) is 5. The summed E-state index contributed by atoms with van der Waals surface area (Å²) < 4.78 is 7.03. The van der Waals surface area contributed by atoms with Gasteiger partial charge in [-0.3, -0.25) is 19.1 Å². The van der Waals surface area contributed by atoms with Crippen LogP contribution in [-0.2, 0) is 22.6 Å². The molecule has 31 heavy (non-hydrogen) atoms. The quantitative estimate of drug-likeness (QED) is 0.611. The third-order valence-electron chi connectivity index (χ3n) is 5.16. The van der Waals surface area contributed by atoms with Gasteiger partial charge in [-0.15, -0.1) is 0 Å². The fraction of sp³-hybridized carbons (Fsp3) is 0.318. The molecule has 9 heteroatoms. The van der Waals surface area contributed by atoms with E-state index in [9.17, 15) is 9.59 Å². The fourth-order valence-electron chi connectivity index (χ4n) is 3.63. The molecule has 2 heterocycles. The second-order valence-corrected chi connectivity index (χ2v) is 8.32. The molecule has 0 spiro atoms. The summed E-state index contributed by atoms with van der Waals surface area (Å²) in [6.07, 6.45) is 1.22. The Kier molecular flexibility index (Phi) is 6.87. The third-order valence-corrected chi connectivity index (χ3v) is 5.66. The van der Waals surface area contributed by atoms with Crippen molar-refractivity contribution in [3.8, 4) is 0 Å². The van der Waals surface area contributed by atoms with E-state index in [1.807, 2.05) is 18.2 Å². The molecule has 162 valence electrons. The summed E-state index contributed by atoms with van der Waals surface area (Å²) in [5, 5.41) is 3.77. The van der Waals surface area contributed by atoms with Gasteiger partial charge in [0, 0.05) is 31.2 Å². The molecule has 1 amide bonds. The lowest BCUT2D eigenvalue weighted by molar-refractivity contribution is -0.123. The molecule has 4 rings (SSSR count). The zero-order valence-electron chi connectivity index (χ0n) is 16.8. The monoisotopic (exact) mass is 460 g/mol. The zero-order valence-corrected chi connectivity index (χ0v) is 18.3. The Hall–Kier alpha value is -2.45. The van der Waals surface area contributed by atoms with E-state index in [0.717, 1.165) is 19.6 Å². The predicted molar refractivity (Wildman–Crippen MR) is 120 cm³/mol. The van der Waals surface area contributed by atoms with Crippen molar-refractivity contribution in [2.45, 2.75) is 19.2 Å². The minimum atomic E-state index is -0.368. The van der Waals surface area contributed by atoms with Crippen LogP contribution in [0.3, 0.4) is 0 Å². The molecular formula is C22H22Cl2N4O3.